The van der Waals surface area contributed by atoms with E-state index in [2.05, 4.69) is 88.1 Å². The van der Waals surface area contributed by atoms with Gasteiger partial charge in [0, 0.05) is 48.1 Å². The first-order valence-corrected chi connectivity index (χ1v) is 25.9. The van der Waals surface area contributed by atoms with Crippen molar-refractivity contribution < 1.29 is 47.0 Å². The Morgan fingerprint density at radius 2 is 1.64 bits per heavy atom. The summed E-state index contributed by atoms with van der Waals surface area (Å²) < 4.78 is 43.6. The van der Waals surface area contributed by atoms with E-state index in [0.29, 0.717) is 97.4 Å². The van der Waals surface area contributed by atoms with Gasteiger partial charge in [-0.25, -0.2) is 28.5 Å². The number of benzene rings is 1. The number of rotatable bonds is 24. The zero-order valence-electron chi connectivity index (χ0n) is 45.7. The third-order valence-electron chi connectivity index (χ3n) is 11.8. The number of halogens is 2. The van der Waals surface area contributed by atoms with Gasteiger partial charge in [-0.3, -0.25) is 14.4 Å². The first-order chi connectivity index (χ1) is 35.9. The Morgan fingerprint density at radius 1 is 0.947 bits per heavy atom. The molecule has 2 bridgehead atoms. The number of nitrogens with zero attached hydrogens (tertiary/aromatic N) is 3. The van der Waals surface area contributed by atoms with Crippen molar-refractivity contribution in [2.75, 3.05) is 57.1 Å². The number of pyridine rings is 1. The summed E-state index contributed by atoms with van der Waals surface area (Å²) in [5.41, 5.74) is 13.4. The Morgan fingerprint density at radius 3 is 2.19 bits per heavy atom. The molecule has 3 saturated carbocycles. The number of amides is 4. The van der Waals surface area contributed by atoms with Crippen LogP contribution in [0.4, 0.5) is 25.1 Å². The summed E-state index contributed by atoms with van der Waals surface area (Å²) in [6, 6.07) is 8.78. The Hall–Kier alpha value is -6.16. The first-order valence-electron chi connectivity index (χ1n) is 25.9. The van der Waals surface area contributed by atoms with E-state index in [-0.39, 0.29) is 30.6 Å². The lowest BCUT2D eigenvalue weighted by Crippen LogP contribution is -2.40. The molecule has 1 aromatic carbocycles. The molecule has 4 aromatic rings. The minimum absolute atomic E-state index is 0.115. The second kappa shape index (κ2) is 39.3. The molecule has 3 heterocycles. The van der Waals surface area contributed by atoms with Gasteiger partial charge in [0.1, 0.15) is 23.9 Å². The molecule has 0 aliphatic heterocycles. The Kier molecular flexibility index (Phi) is 35.0. The zero-order valence-corrected chi connectivity index (χ0v) is 45.7. The molecule has 4 atom stereocenters. The van der Waals surface area contributed by atoms with Gasteiger partial charge < -0.3 is 62.0 Å². The van der Waals surface area contributed by atoms with Crippen LogP contribution in [-0.4, -0.2) is 116 Å². The number of hydrogen-bond acceptors (Lipinski definition) is 14. The number of aldehydes is 1. The fraction of sp³-hybridized carbons (Fsp3) is 0.593. The summed E-state index contributed by atoms with van der Waals surface area (Å²) >= 11 is 0. The monoisotopic (exact) mass is 1060 g/mol. The lowest BCUT2D eigenvalue weighted by molar-refractivity contribution is -0.133. The number of nitrogens with one attached hydrogen (secondary N) is 6. The lowest BCUT2D eigenvalue weighted by Gasteiger charge is -2.42. The van der Waals surface area contributed by atoms with E-state index in [1.165, 1.54) is 44.4 Å². The molecular formula is C54H87F2N11O8. The fourth-order valence-corrected chi connectivity index (χ4v) is 7.54. The van der Waals surface area contributed by atoms with Gasteiger partial charge in [0.05, 0.1) is 38.3 Å². The molecule has 420 valence electrons. The van der Waals surface area contributed by atoms with Crippen molar-refractivity contribution in [2.45, 2.75) is 144 Å². The lowest BCUT2D eigenvalue weighted by atomic mass is 9.68. The number of ether oxygens (including phenoxy) is 3. The van der Waals surface area contributed by atoms with Crippen LogP contribution >= 0.6 is 0 Å². The number of nitrogens with two attached hydrogens (primary N) is 2. The number of aromatic amines is 1. The zero-order chi connectivity index (χ0) is 56.0. The van der Waals surface area contributed by atoms with Gasteiger partial charge in [-0.05, 0) is 120 Å². The van der Waals surface area contributed by atoms with E-state index in [4.69, 9.17) is 25.7 Å². The second-order valence-electron chi connectivity index (χ2n) is 19.4. The van der Waals surface area contributed by atoms with Gasteiger partial charge in [0.15, 0.2) is 17.5 Å². The van der Waals surface area contributed by atoms with Crippen LogP contribution in [0, 0.1) is 28.9 Å². The predicted octanol–water partition coefficient (Wildman–Crippen LogP) is 8.36. The molecule has 4 amide bonds. The minimum Gasteiger partial charge on any atom is -0.460 e. The number of primary amides is 1. The maximum absolute atomic E-state index is 14.3. The van der Waals surface area contributed by atoms with E-state index in [1.807, 2.05) is 14.0 Å². The molecule has 0 saturated heterocycles. The number of anilines is 2. The fourth-order valence-electron chi connectivity index (χ4n) is 7.54. The molecule has 0 spiro atoms. The maximum atomic E-state index is 14.3. The minimum atomic E-state index is -0.459. The van der Waals surface area contributed by atoms with Crippen molar-refractivity contribution in [3.8, 4) is 11.4 Å². The molecule has 3 aromatic heterocycles. The van der Waals surface area contributed by atoms with Crippen molar-refractivity contribution >= 4 is 54.1 Å². The molecular weight excluding hydrogens is 969 g/mol. The summed E-state index contributed by atoms with van der Waals surface area (Å²) in [6.45, 7) is 20.9. The van der Waals surface area contributed by atoms with E-state index in [0.717, 1.165) is 56.4 Å². The largest absolute Gasteiger partial charge is 0.460 e. The normalized spacial score (nSPS) is 16.2. The average Bonchev–Trinajstić information content (AvgIpc) is 3.81. The third kappa shape index (κ3) is 29.5. The van der Waals surface area contributed by atoms with Gasteiger partial charge in [-0.15, -0.1) is 0 Å². The predicted molar refractivity (Wildman–Crippen MR) is 292 cm³/mol. The highest BCUT2D eigenvalue weighted by Gasteiger charge is 2.36. The number of hydrogen-bond donors (Lipinski definition) is 8. The Bertz CT molecular complexity index is 2170. The quantitative estimate of drug-likeness (QED) is 0.0242. The van der Waals surface area contributed by atoms with E-state index < -0.39 is 17.7 Å². The maximum Gasteiger partial charge on any atom is 0.312 e. The second-order valence-corrected chi connectivity index (χ2v) is 19.4. The van der Waals surface area contributed by atoms with Gasteiger partial charge in [-0.1, -0.05) is 66.0 Å². The molecule has 3 aliphatic carbocycles. The summed E-state index contributed by atoms with van der Waals surface area (Å²) in [7, 11) is 1.92. The summed E-state index contributed by atoms with van der Waals surface area (Å²) in [6.07, 6.45) is 17.0. The summed E-state index contributed by atoms with van der Waals surface area (Å²) in [4.78, 5) is 64.5. The molecule has 3 aliphatic rings. The van der Waals surface area contributed by atoms with Crippen LogP contribution in [0.5, 0.6) is 0 Å². The Balaban J connectivity index is 0.000000499. The number of carbonyl (C=O) groups is 5. The molecule has 75 heavy (non-hydrogen) atoms. The van der Waals surface area contributed by atoms with Gasteiger partial charge in [0.25, 0.3) is 6.47 Å². The molecule has 3 fully saturated rings. The van der Waals surface area contributed by atoms with Crippen LogP contribution in [0.15, 0.2) is 48.9 Å². The Labute approximate surface area is 443 Å². The number of fused-ring (bicyclic) bond motifs is 4. The first kappa shape index (κ1) is 66.9. The van der Waals surface area contributed by atoms with Crippen molar-refractivity contribution in [2.24, 2.45) is 28.7 Å². The molecule has 10 N–H and O–H groups in total. The standard InChI is InChI=1S/C19H19F2N5.C12H27NO2.C10H11NO3.C7H17N3O.C3H5NO2.C3H8/c20-12-6-13-14(8-23-17(13)22-7-12)18-24-9-15(21)19(26-18)25-16-5-10-1-3-11(16)4-2-10;1-11(5-7-13)15-10-9-14-8-6-12(2,3)4;1-8(14-7-13)9-2-4-10(5-3-9)11-6-12;1-6(9-2)4-3-5-10-7(8)11;5-2-1-4-3-6;1-3-2/h6-11,16H,1-5H2,(H,22,23)(H,24,25,26);11H,5-10,13H2,1-4H3;2-8H,1H3,(H,11,12);6,9H,3-5H2,1-2H3,(H3,8,10,11);2-3H,1H2,(H,4,6);3H2,1-2H3/t10?,11?,16-;;;6-;;/m1..1../s1. The van der Waals surface area contributed by atoms with Crippen molar-refractivity contribution in [3.05, 3.63) is 66.1 Å². The van der Waals surface area contributed by atoms with Crippen LogP contribution < -0.4 is 38.1 Å². The number of carbonyl (C=O) groups excluding carboxylic acids is 5. The van der Waals surface area contributed by atoms with Crippen molar-refractivity contribution in [1.29, 1.82) is 0 Å². The number of H-pyrrole nitrogens is 1. The van der Waals surface area contributed by atoms with Gasteiger partial charge >= 0.3 is 6.03 Å². The highest BCUT2D eigenvalue weighted by Crippen LogP contribution is 2.42. The number of aromatic nitrogens is 4. The third-order valence-corrected chi connectivity index (χ3v) is 11.8. The van der Waals surface area contributed by atoms with Crippen molar-refractivity contribution in [3.63, 3.8) is 0 Å². The molecule has 7 rings (SSSR count). The topological polar surface area (TPSA) is 280 Å². The van der Waals surface area contributed by atoms with E-state index >= 15 is 0 Å². The van der Waals surface area contributed by atoms with Crippen LogP contribution in [0.25, 0.3) is 22.4 Å². The molecule has 0 radical (unpaired) electrons. The van der Waals surface area contributed by atoms with Gasteiger partial charge in [-0.2, -0.15) is 0 Å². The van der Waals surface area contributed by atoms with Crippen LogP contribution in [0.3, 0.4) is 0 Å². The highest BCUT2D eigenvalue weighted by molar-refractivity contribution is 5.91. The highest BCUT2D eigenvalue weighted by atomic mass is 19.1. The summed E-state index contributed by atoms with van der Waals surface area (Å²) in [5, 5.41) is 14.2. The SMILES string of the molecule is CC(CCN)OCCOCCC(C)(C)C.CC(OC=O)c1ccc(NC=O)cc1.CCC.CN[C@H](C)CCCNC(N)=O.Fc1cnc2[nH]cc(-c3ncc(F)c(N[C@@H]4CC5CCC4CC5)n3)c2c1.O=CCNC=O. The molecule has 19 nitrogen and oxygen atoms in total. The van der Waals surface area contributed by atoms with Crippen molar-refractivity contribution in [1.82, 2.24) is 35.9 Å². The molecule has 21 heteroatoms. The average molecular weight is 1060 g/mol. The van der Waals surface area contributed by atoms with Crippen LogP contribution in [0.1, 0.15) is 131 Å². The van der Waals surface area contributed by atoms with Crippen LogP contribution in [0.2, 0.25) is 0 Å². The van der Waals surface area contributed by atoms with E-state index in [1.54, 1.807) is 37.4 Å². The smallest absolute Gasteiger partial charge is 0.312 e. The number of urea groups is 1. The van der Waals surface area contributed by atoms with E-state index in [9.17, 15) is 32.8 Å². The van der Waals surface area contributed by atoms with Crippen LogP contribution in [-0.2, 0) is 33.4 Å². The van der Waals surface area contributed by atoms with Gasteiger partial charge in [0.2, 0.25) is 12.8 Å². The summed E-state index contributed by atoms with van der Waals surface area (Å²) in [5.74, 6) is 1.02. The molecule has 2 unspecified atom stereocenters.